The minimum absolute atomic E-state index is 0.0441. The summed E-state index contributed by atoms with van der Waals surface area (Å²) in [6.45, 7) is 0.0882. The van der Waals surface area contributed by atoms with Gasteiger partial charge < -0.3 is 37.7 Å². The van der Waals surface area contributed by atoms with E-state index in [1.165, 1.54) is 14.2 Å². The molecule has 0 aliphatic heterocycles. The predicted octanol–water partition coefficient (Wildman–Crippen LogP) is 4.19. The summed E-state index contributed by atoms with van der Waals surface area (Å²) in [6.07, 6.45) is 0. The Kier molecular flexibility index (Phi) is 9.72. The van der Waals surface area contributed by atoms with Gasteiger partial charge in [0.05, 0.1) is 23.2 Å². The molecule has 0 atom stereocenters. The average Bonchev–Trinajstić information content (AvgIpc) is 2.72. The average molecular weight is 535 g/mol. The normalized spacial score (nSPS) is 10.3. The summed E-state index contributed by atoms with van der Waals surface area (Å²) in [5.41, 5.74) is 0. The second-order valence-electron chi connectivity index (χ2n) is 5.30. The Morgan fingerprint density at radius 3 is 1.38 bits per heavy atom. The maximum Gasteiger partial charge on any atom is 0.658 e. The van der Waals surface area contributed by atoms with Crippen molar-refractivity contribution in [1.29, 1.82) is 0 Å². The molecular weight excluding hydrogens is 515 g/mol. The Bertz CT molecular complexity index is 740. The van der Waals surface area contributed by atoms with Gasteiger partial charge in [-0.1, -0.05) is 0 Å². The van der Waals surface area contributed by atoms with Crippen molar-refractivity contribution in [2.75, 3.05) is 42.0 Å². The molecule has 0 heterocycles. The van der Waals surface area contributed by atoms with Crippen molar-refractivity contribution in [3.8, 4) is 34.5 Å². The van der Waals surface area contributed by atoms with Crippen molar-refractivity contribution < 1.29 is 37.7 Å². The Labute approximate surface area is 186 Å². The summed E-state index contributed by atoms with van der Waals surface area (Å²) in [5.74, 6) is 2.78. The van der Waals surface area contributed by atoms with Crippen LogP contribution in [-0.4, -0.2) is 49.7 Å². The van der Waals surface area contributed by atoms with E-state index < -0.39 is 0 Å². The summed E-state index contributed by atoms with van der Waals surface area (Å²) >= 11 is 6.82. The highest BCUT2D eigenvalue weighted by molar-refractivity contribution is 9.10. The lowest BCUT2D eigenvalue weighted by Crippen LogP contribution is -2.13. The molecule has 0 saturated heterocycles. The second kappa shape index (κ2) is 12.0. The van der Waals surface area contributed by atoms with Gasteiger partial charge in [0.25, 0.3) is 0 Å². The minimum Gasteiger partial charge on any atom is -0.524 e. The number of methoxy groups -OCH3 is 4. The third kappa shape index (κ3) is 6.60. The zero-order valence-corrected chi connectivity index (χ0v) is 19.5. The molecule has 2 aromatic carbocycles. The molecule has 0 aromatic heterocycles. The molecule has 0 saturated carbocycles. The monoisotopic (exact) mass is 533 g/mol. The molecule has 0 aliphatic rings. The third-order valence-corrected chi connectivity index (χ3v) is 4.69. The van der Waals surface area contributed by atoms with E-state index in [4.69, 9.17) is 37.7 Å². The van der Waals surface area contributed by atoms with E-state index in [-0.39, 0.29) is 13.6 Å². The molecule has 0 unspecified atom stereocenters. The Morgan fingerprint density at radius 2 is 1.03 bits per heavy atom. The van der Waals surface area contributed by atoms with Gasteiger partial charge in [-0.2, -0.15) is 0 Å². The molecule has 0 spiro atoms. The zero-order chi connectivity index (χ0) is 21.2. The molecule has 1 radical (unpaired) electrons. The van der Waals surface area contributed by atoms with Crippen LogP contribution in [0.5, 0.6) is 34.5 Å². The summed E-state index contributed by atoms with van der Waals surface area (Å²) in [5, 5.41) is 0. The quantitative estimate of drug-likeness (QED) is 0.296. The molecule has 0 fully saturated rings. The van der Waals surface area contributed by atoms with Crippen molar-refractivity contribution in [3.05, 3.63) is 33.2 Å². The van der Waals surface area contributed by atoms with E-state index >= 15 is 0 Å². The minimum atomic E-state index is 0.0441. The van der Waals surface area contributed by atoms with Crippen LogP contribution >= 0.6 is 31.9 Å². The van der Waals surface area contributed by atoms with E-state index in [0.29, 0.717) is 43.4 Å². The van der Waals surface area contributed by atoms with E-state index in [9.17, 15) is 0 Å². The number of rotatable bonds is 12. The maximum atomic E-state index is 5.63. The van der Waals surface area contributed by atoms with Crippen LogP contribution < -0.4 is 28.3 Å². The topological polar surface area (TPSA) is 73.8 Å². The molecule has 8 nitrogen and oxygen atoms in total. The fourth-order valence-electron chi connectivity index (χ4n) is 2.13. The van der Waals surface area contributed by atoms with Crippen LogP contribution in [0.15, 0.2) is 33.2 Å². The summed E-state index contributed by atoms with van der Waals surface area (Å²) in [6, 6.07) is 6.72. The van der Waals surface area contributed by atoms with Crippen molar-refractivity contribution >= 4 is 39.5 Å². The lowest BCUT2D eigenvalue weighted by Gasteiger charge is -2.16. The van der Waals surface area contributed by atoms with Crippen LogP contribution in [0, 0.1) is 0 Å². The highest BCUT2D eigenvalue weighted by Crippen LogP contribution is 2.39. The number of benzene rings is 2. The predicted molar refractivity (Wildman–Crippen MR) is 113 cm³/mol. The van der Waals surface area contributed by atoms with Gasteiger partial charge in [0.15, 0.2) is 25.1 Å². The van der Waals surface area contributed by atoms with E-state index in [1.54, 1.807) is 38.5 Å². The molecule has 0 amide bonds. The van der Waals surface area contributed by atoms with Crippen molar-refractivity contribution in [1.82, 2.24) is 0 Å². The standard InChI is InChI=1S/C18H20BBr2O8/c1-22-9-26-15-7-13(24-3)11(20)5-17(15)28-19-29-18-6-12(21)14(25-4)8-16(18)27-10-23-2/h5-8H,9-10H2,1-4H3. The molecule has 2 rings (SSSR count). The van der Waals surface area contributed by atoms with E-state index in [1.807, 2.05) is 0 Å². The van der Waals surface area contributed by atoms with Gasteiger partial charge in [-0.3, -0.25) is 0 Å². The summed E-state index contributed by atoms with van der Waals surface area (Å²) in [4.78, 5) is 0. The summed E-state index contributed by atoms with van der Waals surface area (Å²) in [7, 11) is 7.31. The molecule has 11 heteroatoms. The number of hydrogen-bond acceptors (Lipinski definition) is 8. The van der Waals surface area contributed by atoms with Crippen molar-refractivity contribution in [2.45, 2.75) is 0 Å². The SMILES string of the molecule is COCOc1cc(OC)c(Br)cc1O[B]Oc1cc(Br)c(OC)cc1OCOC. The molecule has 29 heavy (non-hydrogen) atoms. The van der Waals surface area contributed by atoms with Crippen molar-refractivity contribution in [3.63, 3.8) is 0 Å². The molecule has 0 aliphatic carbocycles. The van der Waals surface area contributed by atoms with Crippen LogP contribution in [0.1, 0.15) is 0 Å². The molecule has 0 bridgehead atoms. The molecule has 0 N–H and O–H groups in total. The second-order valence-corrected chi connectivity index (χ2v) is 7.01. The highest BCUT2D eigenvalue weighted by Gasteiger charge is 2.16. The smallest absolute Gasteiger partial charge is 0.524 e. The van der Waals surface area contributed by atoms with Gasteiger partial charge >= 0.3 is 7.69 Å². The van der Waals surface area contributed by atoms with Crippen LogP contribution in [0.25, 0.3) is 0 Å². The zero-order valence-electron chi connectivity index (χ0n) is 16.3. The van der Waals surface area contributed by atoms with Crippen LogP contribution in [0.3, 0.4) is 0 Å². The Balaban J connectivity index is 2.16. The Hall–Kier alpha value is -1.82. The fourth-order valence-corrected chi connectivity index (χ4v) is 3.10. The van der Waals surface area contributed by atoms with Crippen molar-refractivity contribution in [2.24, 2.45) is 0 Å². The van der Waals surface area contributed by atoms with Crippen LogP contribution in [-0.2, 0) is 9.47 Å². The largest absolute Gasteiger partial charge is 0.658 e. The van der Waals surface area contributed by atoms with Gasteiger partial charge in [-0.25, -0.2) is 0 Å². The Morgan fingerprint density at radius 1 is 0.621 bits per heavy atom. The van der Waals surface area contributed by atoms with Crippen LogP contribution in [0.4, 0.5) is 0 Å². The number of ether oxygens (including phenoxy) is 6. The maximum absolute atomic E-state index is 5.63. The third-order valence-electron chi connectivity index (χ3n) is 3.45. The van der Waals surface area contributed by atoms with E-state index in [0.717, 1.165) is 7.69 Å². The van der Waals surface area contributed by atoms with Gasteiger partial charge in [-0.05, 0) is 31.9 Å². The number of hydrogen-bond donors (Lipinski definition) is 0. The van der Waals surface area contributed by atoms with Gasteiger partial charge in [0.2, 0.25) is 0 Å². The van der Waals surface area contributed by atoms with Gasteiger partial charge in [0, 0.05) is 38.5 Å². The van der Waals surface area contributed by atoms with Gasteiger partial charge in [0.1, 0.15) is 23.0 Å². The molecule has 2 aromatic rings. The van der Waals surface area contributed by atoms with E-state index in [2.05, 4.69) is 31.9 Å². The lowest BCUT2D eigenvalue weighted by atomic mass is 10.2. The molecule has 157 valence electrons. The molecular formula is C18H20BBr2O8. The first-order chi connectivity index (χ1) is 14.0. The number of halogens is 2. The van der Waals surface area contributed by atoms with Gasteiger partial charge in [-0.15, -0.1) is 0 Å². The first kappa shape index (κ1) is 23.5. The first-order valence-corrected chi connectivity index (χ1v) is 9.76. The first-order valence-electron chi connectivity index (χ1n) is 8.17. The fraction of sp³-hybridized carbons (Fsp3) is 0.333. The lowest BCUT2D eigenvalue weighted by molar-refractivity contribution is 0.0492. The highest BCUT2D eigenvalue weighted by atomic mass is 79.9. The van der Waals surface area contributed by atoms with Crippen LogP contribution in [0.2, 0.25) is 0 Å². The summed E-state index contributed by atoms with van der Waals surface area (Å²) < 4.78 is 44.1.